The molecule has 1 aromatic rings. The minimum Gasteiger partial charge on any atom is -0.393 e. The number of nitrogens with two attached hydrogens (primary N) is 1. The molecule has 1 atom stereocenters. The first-order valence-corrected chi connectivity index (χ1v) is 5.70. The van der Waals surface area contributed by atoms with Crippen LogP contribution in [-0.2, 0) is 0 Å². The van der Waals surface area contributed by atoms with Crippen molar-refractivity contribution in [2.24, 2.45) is 11.8 Å². The molecule has 0 aliphatic carbocycles. The van der Waals surface area contributed by atoms with E-state index in [4.69, 9.17) is 5.73 Å². The van der Waals surface area contributed by atoms with Gasteiger partial charge in [-0.3, -0.25) is 10.1 Å². The van der Waals surface area contributed by atoms with Gasteiger partial charge in [-0.05, 0) is 24.0 Å². The van der Waals surface area contributed by atoms with Crippen LogP contribution in [0.5, 0.6) is 0 Å². The molecule has 0 fully saturated rings. The molecule has 1 unspecified atom stereocenters. The number of hydrogen-bond acceptors (Lipinski definition) is 4. The Bertz CT molecular complexity index is 405. The lowest BCUT2D eigenvalue weighted by Gasteiger charge is -2.17. The number of nitro groups is 1. The van der Waals surface area contributed by atoms with Gasteiger partial charge in [0.1, 0.15) is 11.4 Å². The lowest BCUT2D eigenvalue weighted by atomic mass is 9.98. The monoisotopic (exact) mass is 237 g/mol. The highest BCUT2D eigenvalue weighted by Crippen LogP contribution is 2.30. The van der Waals surface area contributed by atoms with Crippen LogP contribution >= 0.6 is 0 Å². The second kappa shape index (κ2) is 5.52. The van der Waals surface area contributed by atoms with Crippen LogP contribution in [0.3, 0.4) is 0 Å². The van der Waals surface area contributed by atoms with Crippen LogP contribution in [0.25, 0.3) is 0 Å². The Balaban J connectivity index is 2.84. The largest absolute Gasteiger partial charge is 0.393 e. The molecule has 5 nitrogen and oxygen atoms in total. The zero-order valence-electron chi connectivity index (χ0n) is 10.4. The van der Waals surface area contributed by atoms with E-state index in [1.807, 2.05) is 0 Å². The van der Waals surface area contributed by atoms with Gasteiger partial charge in [-0.15, -0.1) is 0 Å². The van der Waals surface area contributed by atoms with Gasteiger partial charge in [-0.2, -0.15) is 0 Å². The number of rotatable bonds is 5. The third-order valence-corrected chi connectivity index (χ3v) is 3.00. The Morgan fingerprint density at radius 3 is 2.59 bits per heavy atom. The Labute approximate surface area is 101 Å². The fraction of sp³-hybridized carbons (Fsp3) is 0.500. The molecule has 0 saturated heterocycles. The third-order valence-electron chi connectivity index (χ3n) is 3.00. The summed E-state index contributed by atoms with van der Waals surface area (Å²) in [6.45, 7) is 7.05. The van der Waals surface area contributed by atoms with Gasteiger partial charge in [0.05, 0.1) is 4.92 Å². The summed E-state index contributed by atoms with van der Waals surface area (Å²) in [5.41, 5.74) is 6.25. The summed E-state index contributed by atoms with van der Waals surface area (Å²) in [6, 6.07) is 4.93. The van der Waals surface area contributed by atoms with E-state index in [0.29, 0.717) is 24.1 Å². The van der Waals surface area contributed by atoms with E-state index in [2.05, 4.69) is 26.1 Å². The quantitative estimate of drug-likeness (QED) is 0.468. The summed E-state index contributed by atoms with van der Waals surface area (Å²) in [4.78, 5) is 10.5. The van der Waals surface area contributed by atoms with Crippen molar-refractivity contribution in [2.75, 3.05) is 17.6 Å². The van der Waals surface area contributed by atoms with E-state index in [1.54, 1.807) is 12.1 Å². The predicted octanol–water partition coefficient (Wildman–Crippen LogP) is 2.88. The maximum atomic E-state index is 10.9. The van der Waals surface area contributed by atoms with Gasteiger partial charge < -0.3 is 11.1 Å². The average Bonchev–Trinajstić information content (AvgIpc) is 2.24. The van der Waals surface area contributed by atoms with Gasteiger partial charge in [0, 0.05) is 6.54 Å². The first-order chi connectivity index (χ1) is 7.93. The van der Waals surface area contributed by atoms with Crippen molar-refractivity contribution in [3.63, 3.8) is 0 Å². The van der Waals surface area contributed by atoms with Crippen molar-refractivity contribution in [3.8, 4) is 0 Å². The molecule has 0 heterocycles. The molecule has 3 N–H and O–H groups in total. The Hall–Kier alpha value is -1.78. The van der Waals surface area contributed by atoms with Crippen LogP contribution in [0.2, 0.25) is 0 Å². The van der Waals surface area contributed by atoms with Crippen LogP contribution in [0.15, 0.2) is 18.2 Å². The van der Waals surface area contributed by atoms with Crippen molar-refractivity contribution in [3.05, 3.63) is 28.3 Å². The normalized spacial score (nSPS) is 12.5. The number of benzene rings is 1. The molecule has 17 heavy (non-hydrogen) atoms. The summed E-state index contributed by atoms with van der Waals surface area (Å²) >= 11 is 0. The number of anilines is 2. The number of nitrogens with zero attached hydrogens (tertiary/aromatic N) is 1. The number of hydrogen-bond donors (Lipinski definition) is 2. The SMILES string of the molecule is CC(C)C(C)CNc1cccc(N)c1[N+](=O)[O-]. The third kappa shape index (κ3) is 3.34. The highest BCUT2D eigenvalue weighted by Gasteiger charge is 2.18. The smallest absolute Gasteiger partial charge is 0.314 e. The van der Waals surface area contributed by atoms with Crippen LogP contribution in [0.1, 0.15) is 20.8 Å². The number of para-hydroxylation sites is 1. The predicted molar refractivity (Wildman–Crippen MR) is 70.0 cm³/mol. The molecule has 1 aromatic carbocycles. The molecule has 0 radical (unpaired) electrons. The molecule has 0 aliphatic heterocycles. The first-order valence-electron chi connectivity index (χ1n) is 5.70. The van der Waals surface area contributed by atoms with Crippen LogP contribution in [0.4, 0.5) is 17.1 Å². The zero-order valence-corrected chi connectivity index (χ0v) is 10.4. The van der Waals surface area contributed by atoms with Crippen LogP contribution in [0, 0.1) is 22.0 Å². The molecule has 5 heteroatoms. The Morgan fingerprint density at radius 1 is 1.41 bits per heavy atom. The van der Waals surface area contributed by atoms with Gasteiger partial charge in [0.15, 0.2) is 0 Å². The number of nitro benzene ring substituents is 1. The highest BCUT2D eigenvalue weighted by molar-refractivity contribution is 5.74. The molecule has 1 rings (SSSR count). The molecule has 0 saturated carbocycles. The molecular formula is C12H19N3O2. The second-order valence-electron chi connectivity index (χ2n) is 4.60. The van der Waals surface area contributed by atoms with Crippen molar-refractivity contribution in [2.45, 2.75) is 20.8 Å². The summed E-state index contributed by atoms with van der Waals surface area (Å²) in [5, 5.41) is 14.0. The fourth-order valence-electron chi connectivity index (χ4n) is 1.41. The van der Waals surface area contributed by atoms with E-state index >= 15 is 0 Å². The Morgan fingerprint density at radius 2 is 2.06 bits per heavy atom. The average molecular weight is 237 g/mol. The summed E-state index contributed by atoms with van der Waals surface area (Å²) in [5.74, 6) is 0.971. The van der Waals surface area contributed by atoms with E-state index in [9.17, 15) is 10.1 Å². The van der Waals surface area contributed by atoms with Crippen LogP contribution < -0.4 is 11.1 Å². The molecular weight excluding hydrogens is 218 g/mol. The minimum atomic E-state index is -0.447. The summed E-state index contributed by atoms with van der Waals surface area (Å²) in [6.07, 6.45) is 0. The van der Waals surface area contributed by atoms with Gasteiger partial charge in [0.2, 0.25) is 0 Å². The molecule has 0 aromatic heterocycles. The Kier molecular flexibility index (Phi) is 4.31. The number of nitrogen functional groups attached to an aromatic ring is 1. The van der Waals surface area contributed by atoms with Gasteiger partial charge in [-0.25, -0.2) is 0 Å². The van der Waals surface area contributed by atoms with Gasteiger partial charge >= 0.3 is 5.69 Å². The van der Waals surface area contributed by atoms with Crippen molar-refractivity contribution in [1.29, 1.82) is 0 Å². The molecule has 0 aliphatic rings. The van der Waals surface area contributed by atoms with E-state index in [0.717, 1.165) is 0 Å². The van der Waals surface area contributed by atoms with E-state index < -0.39 is 4.92 Å². The maximum absolute atomic E-state index is 10.9. The minimum absolute atomic E-state index is 0.0385. The standard InChI is InChI=1S/C12H19N3O2/c1-8(2)9(3)7-14-11-6-4-5-10(13)12(11)15(16)17/h4-6,8-9,14H,7,13H2,1-3H3. The van der Waals surface area contributed by atoms with E-state index in [1.165, 1.54) is 6.07 Å². The van der Waals surface area contributed by atoms with Gasteiger partial charge in [-0.1, -0.05) is 26.8 Å². The molecule has 0 amide bonds. The molecule has 0 spiro atoms. The zero-order chi connectivity index (χ0) is 13.0. The topological polar surface area (TPSA) is 81.2 Å². The lowest BCUT2D eigenvalue weighted by Crippen LogP contribution is -2.17. The first kappa shape index (κ1) is 13.3. The molecule has 0 bridgehead atoms. The van der Waals surface area contributed by atoms with Gasteiger partial charge in [0.25, 0.3) is 0 Å². The highest BCUT2D eigenvalue weighted by atomic mass is 16.6. The van der Waals surface area contributed by atoms with E-state index in [-0.39, 0.29) is 11.4 Å². The summed E-state index contributed by atoms with van der Waals surface area (Å²) < 4.78 is 0. The second-order valence-corrected chi connectivity index (χ2v) is 4.60. The maximum Gasteiger partial charge on any atom is 0.314 e. The molecule has 94 valence electrons. The van der Waals surface area contributed by atoms with Crippen molar-refractivity contribution < 1.29 is 4.92 Å². The van der Waals surface area contributed by atoms with Crippen molar-refractivity contribution >= 4 is 17.1 Å². The van der Waals surface area contributed by atoms with Crippen molar-refractivity contribution in [1.82, 2.24) is 0 Å². The number of nitrogens with one attached hydrogen (secondary N) is 1. The lowest BCUT2D eigenvalue weighted by molar-refractivity contribution is -0.383. The van der Waals surface area contributed by atoms with Crippen LogP contribution in [-0.4, -0.2) is 11.5 Å². The fourth-order valence-corrected chi connectivity index (χ4v) is 1.41. The summed E-state index contributed by atoms with van der Waals surface area (Å²) in [7, 11) is 0.